The number of pyridine rings is 1. The number of carbonyl (C=O) groups is 1. The smallest absolute Gasteiger partial charge is 0.261 e. The second-order valence-corrected chi connectivity index (χ2v) is 9.15. The molecule has 1 aromatic heterocycles. The molecule has 1 aliphatic carbocycles. The molecule has 0 aliphatic heterocycles. The lowest BCUT2D eigenvalue weighted by atomic mass is 10.1. The molecule has 154 valence electrons. The summed E-state index contributed by atoms with van der Waals surface area (Å²) in [5.41, 5.74) is 2.82. The zero-order valence-electron chi connectivity index (χ0n) is 16.7. The first kappa shape index (κ1) is 20.1. The zero-order valence-corrected chi connectivity index (χ0v) is 17.5. The van der Waals surface area contributed by atoms with Crippen molar-refractivity contribution in [3.8, 4) is 0 Å². The van der Waals surface area contributed by atoms with Gasteiger partial charge in [-0.25, -0.2) is 8.42 Å². The second-order valence-electron chi connectivity index (χ2n) is 7.47. The fourth-order valence-corrected chi connectivity index (χ4v) is 4.41. The van der Waals surface area contributed by atoms with Crippen molar-refractivity contribution >= 4 is 21.6 Å². The lowest BCUT2D eigenvalue weighted by Gasteiger charge is -2.22. The molecule has 1 aliphatic rings. The van der Waals surface area contributed by atoms with E-state index in [0.717, 1.165) is 24.0 Å². The molecule has 1 heterocycles. The van der Waals surface area contributed by atoms with Crippen LogP contribution in [0.4, 0.5) is 5.69 Å². The summed E-state index contributed by atoms with van der Waals surface area (Å²) in [5, 5.41) is 0. The summed E-state index contributed by atoms with van der Waals surface area (Å²) in [6.45, 7) is 2.33. The van der Waals surface area contributed by atoms with Gasteiger partial charge in [-0.15, -0.1) is 0 Å². The Morgan fingerprint density at radius 2 is 1.80 bits per heavy atom. The number of nitrogens with one attached hydrogen (secondary N) is 1. The molecular formula is C23H23N3O3S. The molecule has 1 fully saturated rings. The first-order chi connectivity index (χ1) is 14.4. The fraction of sp³-hybridized carbons (Fsp3) is 0.217. The quantitative estimate of drug-likeness (QED) is 0.625. The predicted octanol–water partition coefficient (Wildman–Crippen LogP) is 4.00. The van der Waals surface area contributed by atoms with E-state index in [1.807, 2.05) is 36.1 Å². The molecule has 0 spiro atoms. The van der Waals surface area contributed by atoms with Crippen molar-refractivity contribution in [2.24, 2.45) is 0 Å². The van der Waals surface area contributed by atoms with Crippen molar-refractivity contribution in [3.63, 3.8) is 0 Å². The zero-order chi connectivity index (χ0) is 21.1. The van der Waals surface area contributed by atoms with Crippen LogP contribution in [0.5, 0.6) is 0 Å². The second kappa shape index (κ2) is 8.28. The van der Waals surface area contributed by atoms with Gasteiger partial charge in [0.25, 0.3) is 15.9 Å². The van der Waals surface area contributed by atoms with Gasteiger partial charge in [-0.1, -0.05) is 24.3 Å². The van der Waals surface area contributed by atoms with Gasteiger partial charge in [-0.2, -0.15) is 0 Å². The Morgan fingerprint density at radius 3 is 2.43 bits per heavy atom. The van der Waals surface area contributed by atoms with Crippen molar-refractivity contribution < 1.29 is 13.2 Å². The van der Waals surface area contributed by atoms with E-state index in [9.17, 15) is 13.2 Å². The van der Waals surface area contributed by atoms with E-state index in [4.69, 9.17) is 0 Å². The summed E-state index contributed by atoms with van der Waals surface area (Å²) in [4.78, 5) is 19.1. The Bertz CT molecular complexity index is 1140. The molecule has 0 unspecified atom stereocenters. The molecule has 3 aromatic rings. The predicted molar refractivity (Wildman–Crippen MR) is 116 cm³/mol. The molecule has 2 aromatic carbocycles. The number of carbonyl (C=O) groups excluding carboxylic acids is 1. The molecule has 1 N–H and O–H groups in total. The lowest BCUT2D eigenvalue weighted by Crippen LogP contribution is -2.32. The van der Waals surface area contributed by atoms with E-state index in [0.29, 0.717) is 17.8 Å². The summed E-state index contributed by atoms with van der Waals surface area (Å²) < 4.78 is 28.0. The van der Waals surface area contributed by atoms with E-state index in [2.05, 4.69) is 9.71 Å². The summed E-state index contributed by atoms with van der Waals surface area (Å²) in [7, 11) is -3.73. The van der Waals surface area contributed by atoms with Crippen molar-refractivity contribution in [3.05, 3.63) is 89.7 Å². The SMILES string of the molecule is Cc1ccccc1NS(=O)(=O)c1ccc(C(=O)N(Cc2cccnc2)C2CC2)cc1. The van der Waals surface area contributed by atoms with Crippen LogP contribution in [0.25, 0.3) is 0 Å². The number of amides is 1. The van der Waals surface area contributed by atoms with Crippen LogP contribution in [0.15, 0.2) is 78.0 Å². The third-order valence-corrected chi connectivity index (χ3v) is 6.51. The van der Waals surface area contributed by atoms with Crippen molar-refractivity contribution in [1.29, 1.82) is 0 Å². The van der Waals surface area contributed by atoms with E-state index in [1.165, 1.54) is 12.1 Å². The molecule has 6 nitrogen and oxygen atoms in total. The monoisotopic (exact) mass is 421 g/mol. The van der Waals surface area contributed by atoms with Gasteiger partial charge >= 0.3 is 0 Å². The van der Waals surface area contributed by atoms with Crippen LogP contribution < -0.4 is 4.72 Å². The maximum absolute atomic E-state index is 13.1. The number of anilines is 1. The summed E-state index contributed by atoms with van der Waals surface area (Å²) in [5.74, 6) is -0.0998. The number of aryl methyl sites for hydroxylation is 1. The molecule has 0 bridgehead atoms. The molecule has 7 heteroatoms. The maximum atomic E-state index is 13.1. The summed E-state index contributed by atoms with van der Waals surface area (Å²) in [6.07, 6.45) is 5.43. The normalized spacial score (nSPS) is 13.6. The third kappa shape index (κ3) is 4.52. The van der Waals surface area contributed by atoms with Gasteiger partial charge in [0.05, 0.1) is 10.6 Å². The highest BCUT2D eigenvalue weighted by atomic mass is 32.2. The van der Waals surface area contributed by atoms with Gasteiger partial charge in [-0.05, 0) is 67.3 Å². The van der Waals surface area contributed by atoms with Crippen molar-refractivity contribution in [2.45, 2.75) is 37.2 Å². The van der Waals surface area contributed by atoms with Crippen LogP contribution in [0.3, 0.4) is 0 Å². The largest absolute Gasteiger partial charge is 0.331 e. The Hall–Kier alpha value is -3.19. The molecule has 0 radical (unpaired) electrons. The van der Waals surface area contributed by atoms with E-state index < -0.39 is 10.0 Å². The molecular weight excluding hydrogens is 398 g/mol. The maximum Gasteiger partial charge on any atom is 0.261 e. The molecule has 4 rings (SSSR count). The summed E-state index contributed by atoms with van der Waals surface area (Å²) >= 11 is 0. The highest BCUT2D eigenvalue weighted by Crippen LogP contribution is 2.30. The number of benzene rings is 2. The first-order valence-electron chi connectivity index (χ1n) is 9.82. The van der Waals surface area contributed by atoms with E-state index in [-0.39, 0.29) is 16.8 Å². The average Bonchev–Trinajstić information content (AvgIpc) is 3.59. The van der Waals surface area contributed by atoms with Crippen LogP contribution in [-0.2, 0) is 16.6 Å². The van der Waals surface area contributed by atoms with Crippen LogP contribution in [-0.4, -0.2) is 30.3 Å². The van der Waals surface area contributed by atoms with Gasteiger partial charge in [0.1, 0.15) is 0 Å². The van der Waals surface area contributed by atoms with Gasteiger partial charge in [0.15, 0.2) is 0 Å². The standard InChI is InChI=1S/C23H23N3O3S/c1-17-5-2-3-7-22(17)25-30(28,29)21-12-8-19(9-13-21)23(27)26(20-10-11-20)16-18-6-4-14-24-15-18/h2-9,12-15,20,25H,10-11,16H2,1H3. The van der Waals surface area contributed by atoms with Gasteiger partial charge in [0, 0.05) is 30.5 Å². The van der Waals surface area contributed by atoms with Crippen molar-refractivity contribution in [1.82, 2.24) is 9.88 Å². The van der Waals surface area contributed by atoms with Gasteiger partial charge in [-0.3, -0.25) is 14.5 Å². The highest BCUT2D eigenvalue weighted by Gasteiger charge is 2.33. The van der Waals surface area contributed by atoms with E-state index in [1.54, 1.807) is 36.7 Å². The fourth-order valence-electron chi connectivity index (χ4n) is 3.27. The van der Waals surface area contributed by atoms with E-state index >= 15 is 0 Å². The molecule has 0 saturated heterocycles. The number of para-hydroxylation sites is 1. The Morgan fingerprint density at radius 1 is 1.07 bits per heavy atom. The van der Waals surface area contributed by atoms with Gasteiger partial charge in [0.2, 0.25) is 0 Å². The number of rotatable bonds is 7. The van der Waals surface area contributed by atoms with Crippen LogP contribution >= 0.6 is 0 Å². The minimum atomic E-state index is -3.73. The molecule has 1 saturated carbocycles. The Kier molecular flexibility index (Phi) is 5.55. The average molecular weight is 422 g/mol. The van der Waals surface area contributed by atoms with Gasteiger partial charge < -0.3 is 4.90 Å². The minimum absolute atomic E-state index is 0.0998. The first-order valence-corrected chi connectivity index (χ1v) is 11.3. The topological polar surface area (TPSA) is 79.4 Å². The molecule has 30 heavy (non-hydrogen) atoms. The lowest BCUT2D eigenvalue weighted by molar-refractivity contribution is 0.0729. The minimum Gasteiger partial charge on any atom is -0.331 e. The number of sulfonamides is 1. The third-order valence-electron chi connectivity index (χ3n) is 5.13. The van der Waals surface area contributed by atoms with Crippen LogP contribution in [0.1, 0.15) is 34.3 Å². The number of aromatic nitrogens is 1. The number of hydrogen-bond donors (Lipinski definition) is 1. The Balaban J connectivity index is 1.52. The molecule has 0 atom stereocenters. The molecule has 1 amide bonds. The van der Waals surface area contributed by atoms with Crippen LogP contribution in [0, 0.1) is 6.92 Å². The number of nitrogens with zero attached hydrogens (tertiary/aromatic N) is 2. The highest BCUT2D eigenvalue weighted by molar-refractivity contribution is 7.92. The van der Waals surface area contributed by atoms with Crippen molar-refractivity contribution in [2.75, 3.05) is 4.72 Å². The van der Waals surface area contributed by atoms with Crippen LogP contribution in [0.2, 0.25) is 0 Å². The summed E-state index contributed by atoms with van der Waals surface area (Å²) in [6, 6.07) is 17.3. The number of hydrogen-bond acceptors (Lipinski definition) is 4. The Labute approximate surface area is 176 Å².